The van der Waals surface area contributed by atoms with Crippen LogP contribution >= 0.6 is 23.2 Å². The number of halogens is 2. The lowest BCUT2D eigenvalue weighted by Crippen LogP contribution is -2.49. The molecule has 3 N–H and O–H groups in total. The van der Waals surface area contributed by atoms with Crippen LogP contribution in [0.25, 0.3) is 0 Å². The first-order chi connectivity index (χ1) is 13.9. The van der Waals surface area contributed by atoms with Gasteiger partial charge in [0.15, 0.2) is 0 Å². The smallest absolute Gasteiger partial charge is 0.243 e. The van der Waals surface area contributed by atoms with Gasteiger partial charge in [-0.3, -0.25) is 9.59 Å². The van der Waals surface area contributed by atoms with Gasteiger partial charge in [0.1, 0.15) is 24.1 Å². The summed E-state index contributed by atoms with van der Waals surface area (Å²) >= 11 is 12.0. The zero-order valence-electron chi connectivity index (χ0n) is 15.9. The number of nitrogens with one attached hydrogen (secondary N) is 3. The molecule has 29 heavy (non-hydrogen) atoms. The molecule has 0 aliphatic carbocycles. The van der Waals surface area contributed by atoms with Crippen LogP contribution in [-0.2, 0) is 9.59 Å². The molecule has 0 saturated carbocycles. The van der Waals surface area contributed by atoms with Crippen molar-refractivity contribution >= 4 is 52.3 Å². The number of piperidine rings is 1. The van der Waals surface area contributed by atoms with Gasteiger partial charge in [0, 0.05) is 35.3 Å². The quantitative estimate of drug-likeness (QED) is 0.639. The predicted molar refractivity (Wildman–Crippen MR) is 114 cm³/mol. The zero-order valence-corrected chi connectivity index (χ0v) is 17.4. The Balaban J connectivity index is 1.64. The number of nitrogens with zero attached hydrogens (tertiary/aromatic N) is 3. The van der Waals surface area contributed by atoms with Crippen LogP contribution < -0.4 is 16.0 Å². The van der Waals surface area contributed by atoms with Crippen LogP contribution in [0.5, 0.6) is 0 Å². The van der Waals surface area contributed by atoms with Crippen molar-refractivity contribution < 1.29 is 9.59 Å². The monoisotopic (exact) mass is 436 g/mol. The second-order valence-corrected chi connectivity index (χ2v) is 7.60. The predicted octanol–water partition coefficient (Wildman–Crippen LogP) is 3.60. The van der Waals surface area contributed by atoms with Crippen LogP contribution in [0.3, 0.4) is 0 Å². The molecule has 1 aliphatic heterocycles. The van der Waals surface area contributed by atoms with Crippen molar-refractivity contribution in [1.29, 1.82) is 0 Å². The molecular formula is C19H22Cl2N6O2. The molecule has 1 atom stereocenters. The van der Waals surface area contributed by atoms with Gasteiger partial charge in [-0.25, -0.2) is 9.97 Å². The lowest BCUT2D eigenvalue weighted by Gasteiger charge is -2.36. The van der Waals surface area contributed by atoms with Crippen molar-refractivity contribution in [3.8, 4) is 0 Å². The van der Waals surface area contributed by atoms with E-state index < -0.39 is 0 Å². The largest absolute Gasteiger partial charge is 0.376 e. The van der Waals surface area contributed by atoms with Gasteiger partial charge in [-0.15, -0.1) is 0 Å². The number of carbonyl (C=O) groups is 2. The Labute approximate surface area is 179 Å². The van der Waals surface area contributed by atoms with Crippen LogP contribution in [0.15, 0.2) is 30.6 Å². The van der Waals surface area contributed by atoms with E-state index in [1.807, 2.05) is 0 Å². The number of hydrogen-bond donors (Lipinski definition) is 3. The number of amides is 2. The van der Waals surface area contributed by atoms with Crippen molar-refractivity contribution in [1.82, 2.24) is 14.9 Å². The summed E-state index contributed by atoms with van der Waals surface area (Å²) < 4.78 is 0. The third kappa shape index (κ3) is 6.20. The molecule has 1 aromatic carbocycles. The summed E-state index contributed by atoms with van der Waals surface area (Å²) in [6.45, 7) is 2.19. The van der Waals surface area contributed by atoms with Crippen LogP contribution in [-0.4, -0.2) is 45.9 Å². The molecule has 1 fully saturated rings. The molecule has 1 saturated heterocycles. The highest BCUT2D eigenvalue weighted by Gasteiger charge is 2.26. The number of hydrogen-bond acceptors (Lipinski definition) is 6. The fourth-order valence-electron chi connectivity index (χ4n) is 3.17. The van der Waals surface area contributed by atoms with E-state index in [-0.39, 0.29) is 24.5 Å². The third-order valence-corrected chi connectivity index (χ3v) is 4.85. The SMILES string of the molecule is CC(=O)Nc1cc(NC2CCCCN2C(=O)CNc2cc(Cl)cc(Cl)c2)ncn1. The minimum atomic E-state index is -0.212. The van der Waals surface area contributed by atoms with Gasteiger partial charge in [-0.2, -0.15) is 0 Å². The summed E-state index contributed by atoms with van der Waals surface area (Å²) in [5.41, 5.74) is 0.688. The van der Waals surface area contributed by atoms with Gasteiger partial charge < -0.3 is 20.9 Å². The first-order valence-electron chi connectivity index (χ1n) is 9.26. The fourth-order valence-corrected chi connectivity index (χ4v) is 3.70. The summed E-state index contributed by atoms with van der Waals surface area (Å²) in [4.78, 5) is 34.0. The second kappa shape index (κ2) is 9.76. The molecule has 0 bridgehead atoms. The van der Waals surface area contributed by atoms with E-state index in [1.54, 1.807) is 29.2 Å². The van der Waals surface area contributed by atoms with Crippen molar-refractivity contribution in [3.05, 3.63) is 40.6 Å². The van der Waals surface area contributed by atoms with Crippen LogP contribution in [0.4, 0.5) is 17.3 Å². The fraction of sp³-hybridized carbons (Fsp3) is 0.368. The maximum Gasteiger partial charge on any atom is 0.243 e. The number of carbonyl (C=O) groups excluding carboxylic acids is 2. The molecule has 2 aromatic rings. The lowest BCUT2D eigenvalue weighted by atomic mass is 10.1. The molecular weight excluding hydrogens is 415 g/mol. The summed E-state index contributed by atoms with van der Waals surface area (Å²) in [5, 5.41) is 9.98. The highest BCUT2D eigenvalue weighted by Crippen LogP contribution is 2.23. The van der Waals surface area contributed by atoms with E-state index in [9.17, 15) is 9.59 Å². The Kier molecular flexibility index (Phi) is 7.11. The Morgan fingerprint density at radius 2 is 1.83 bits per heavy atom. The van der Waals surface area contributed by atoms with E-state index in [0.717, 1.165) is 19.3 Å². The van der Waals surface area contributed by atoms with Crippen LogP contribution in [0.1, 0.15) is 26.2 Å². The molecule has 10 heteroatoms. The molecule has 2 heterocycles. The Bertz CT molecular complexity index is 875. The molecule has 0 spiro atoms. The Morgan fingerprint density at radius 3 is 2.55 bits per heavy atom. The maximum absolute atomic E-state index is 12.8. The number of likely N-dealkylation sites (tertiary alicyclic amines) is 1. The maximum atomic E-state index is 12.8. The third-order valence-electron chi connectivity index (χ3n) is 4.42. The highest BCUT2D eigenvalue weighted by molar-refractivity contribution is 6.35. The molecule has 2 amide bonds. The minimum absolute atomic E-state index is 0.0468. The minimum Gasteiger partial charge on any atom is -0.376 e. The molecule has 1 aliphatic rings. The summed E-state index contributed by atoms with van der Waals surface area (Å²) in [7, 11) is 0. The van der Waals surface area contributed by atoms with Crippen molar-refractivity contribution in [2.24, 2.45) is 0 Å². The standard InChI is InChI=1S/C19H22Cl2N6O2/c1-12(28)25-16-9-17(24-11-23-16)26-18-4-2-3-5-27(18)19(29)10-22-15-7-13(20)6-14(21)8-15/h6-9,11,18,22H,2-5,10H2,1H3,(H2,23,24,25,26,28). The molecule has 1 aromatic heterocycles. The summed E-state index contributed by atoms with van der Waals surface area (Å²) in [6, 6.07) is 6.72. The van der Waals surface area contributed by atoms with Gasteiger partial charge in [0.2, 0.25) is 11.8 Å². The van der Waals surface area contributed by atoms with Gasteiger partial charge in [0.05, 0.1) is 6.54 Å². The number of rotatable bonds is 6. The topological polar surface area (TPSA) is 99.2 Å². The van der Waals surface area contributed by atoms with Gasteiger partial charge in [-0.1, -0.05) is 23.2 Å². The van der Waals surface area contributed by atoms with E-state index in [1.165, 1.54) is 13.3 Å². The second-order valence-electron chi connectivity index (χ2n) is 6.72. The first-order valence-corrected chi connectivity index (χ1v) is 10.0. The zero-order chi connectivity index (χ0) is 20.8. The lowest BCUT2D eigenvalue weighted by molar-refractivity contribution is -0.132. The summed E-state index contributed by atoms with van der Waals surface area (Å²) in [5.74, 6) is 0.692. The van der Waals surface area contributed by atoms with Crippen molar-refractivity contribution in [2.45, 2.75) is 32.4 Å². The average Bonchev–Trinajstić information content (AvgIpc) is 2.65. The molecule has 3 rings (SSSR count). The molecule has 154 valence electrons. The first kappa shape index (κ1) is 21.1. The average molecular weight is 437 g/mol. The number of anilines is 3. The van der Waals surface area contributed by atoms with E-state index in [0.29, 0.717) is 33.9 Å². The van der Waals surface area contributed by atoms with Gasteiger partial charge >= 0.3 is 0 Å². The molecule has 8 nitrogen and oxygen atoms in total. The van der Waals surface area contributed by atoms with Crippen molar-refractivity contribution in [3.63, 3.8) is 0 Å². The highest BCUT2D eigenvalue weighted by atomic mass is 35.5. The molecule has 1 unspecified atom stereocenters. The van der Waals surface area contributed by atoms with Crippen molar-refractivity contribution in [2.75, 3.05) is 29.0 Å². The number of benzene rings is 1. The van der Waals surface area contributed by atoms with Crippen LogP contribution in [0.2, 0.25) is 10.0 Å². The Hall–Kier alpha value is -2.58. The Morgan fingerprint density at radius 1 is 1.10 bits per heavy atom. The normalized spacial score (nSPS) is 16.2. The van der Waals surface area contributed by atoms with Gasteiger partial charge in [0.25, 0.3) is 0 Å². The van der Waals surface area contributed by atoms with Gasteiger partial charge in [-0.05, 0) is 37.5 Å². The van der Waals surface area contributed by atoms with E-state index in [4.69, 9.17) is 23.2 Å². The van der Waals surface area contributed by atoms with E-state index in [2.05, 4.69) is 25.9 Å². The molecule has 0 radical (unpaired) electrons. The van der Waals surface area contributed by atoms with E-state index >= 15 is 0 Å². The van der Waals surface area contributed by atoms with Crippen LogP contribution in [0, 0.1) is 0 Å². The summed E-state index contributed by atoms with van der Waals surface area (Å²) in [6.07, 6.45) is 3.92. The number of aromatic nitrogens is 2.